The molecule has 2 heteroatoms. The first-order chi connectivity index (χ1) is 8.68. The summed E-state index contributed by atoms with van der Waals surface area (Å²) in [6.07, 6.45) is 6.88. The largest absolute Gasteiger partial charge is 0.507 e. The Balaban J connectivity index is 1.88. The predicted molar refractivity (Wildman–Crippen MR) is 75.7 cm³/mol. The Morgan fingerprint density at radius 3 is 2.72 bits per heavy atom. The first-order valence-electron chi connectivity index (χ1n) is 7.19. The molecular weight excluding hydrogens is 222 g/mol. The summed E-state index contributed by atoms with van der Waals surface area (Å²) in [5, 5.41) is 13.6. The highest BCUT2D eigenvalue weighted by Gasteiger charge is 2.19. The van der Waals surface area contributed by atoms with E-state index in [9.17, 15) is 5.11 Å². The second-order valence-corrected chi connectivity index (χ2v) is 5.65. The van der Waals surface area contributed by atoms with Crippen LogP contribution >= 0.6 is 0 Å². The summed E-state index contributed by atoms with van der Waals surface area (Å²) < 4.78 is 0. The molecule has 0 amide bonds. The van der Waals surface area contributed by atoms with E-state index in [-0.39, 0.29) is 0 Å². The van der Waals surface area contributed by atoms with Gasteiger partial charge in [-0.15, -0.1) is 0 Å². The van der Waals surface area contributed by atoms with Gasteiger partial charge in [-0.3, -0.25) is 0 Å². The lowest BCUT2D eigenvalue weighted by atomic mass is 9.84. The van der Waals surface area contributed by atoms with Crippen molar-refractivity contribution in [1.82, 2.24) is 5.32 Å². The Labute approximate surface area is 110 Å². The van der Waals surface area contributed by atoms with Gasteiger partial charge in [0.05, 0.1) is 0 Å². The molecule has 2 rings (SSSR count). The summed E-state index contributed by atoms with van der Waals surface area (Å²) >= 11 is 0. The Hall–Kier alpha value is -1.02. The topological polar surface area (TPSA) is 32.3 Å². The van der Waals surface area contributed by atoms with Gasteiger partial charge >= 0.3 is 0 Å². The summed E-state index contributed by atoms with van der Waals surface area (Å²) in [6.45, 7) is 5.00. The third kappa shape index (κ3) is 3.26. The highest BCUT2D eigenvalue weighted by molar-refractivity contribution is 5.39. The van der Waals surface area contributed by atoms with Crippen molar-refractivity contribution in [2.45, 2.75) is 58.5 Å². The van der Waals surface area contributed by atoms with Crippen LogP contribution in [0.25, 0.3) is 0 Å². The first-order valence-corrected chi connectivity index (χ1v) is 7.19. The normalized spacial score (nSPS) is 18.8. The number of nitrogens with one attached hydrogen (secondary N) is 1. The number of phenolic OH excluding ortho intramolecular Hbond substituents is 1. The van der Waals surface area contributed by atoms with E-state index in [2.05, 4.69) is 12.2 Å². The van der Waals surface area contributed by atoms with Crippen LogP contribution in [0.1, 0.15) is 50.2 Å². The van der Waals surface area contributed by atoms with Crippen LogP contribution in [0.2, 0.25) is 0 Å². The zero-order valence-corrected chi connectivity index (χ0v) is 11.6. The minimum Gasteiger partial charge on any atom is -0.507 e. The van der Waals surface area contributed by atoms with Crippen LogP contribution in [0.5, 0.6) is 5.75 Å². The number of hydrogen-bond acceptors (Lipinski definition) is 2. The van der Waals surface area contributed by atoms with Crippen LogP contribution in [0.15, 0.2) is 18.2 Å². The van der Waals surface area contributed by atoms with Crippen LogP contribution in [0.3, 0.4) is 0 Å². The third-order valence-electron chi connectivity index (χ3n) is 4.29. The summed E-state index contributed by atoms with van der Waals surface area (Å²) in [4.78, 5) is 0. The Morgan fingerprint density at radius 2 is 2.00 bits per heavy atom. The second-order valence-electron chi connectivity index (χ2n) is 5.65. The van der Waals surface area contributed by atoms with Crippen molar-refractivity contribution >= 4 is 0 Å². The standard InChI is InChI=1S/C16H25NO/c1-12-7-6-10-15(16(12)18)11-17-13(2)14-8-4-3-5-9-14/h6-7,10,13-14,17-18H,3-5,8-9,11H2,1-2H3/t13-/m1/s1. The average Bonchev–Trinajstić information content (AvgIpc) is 2.41. The predicted octanol–water partition coefficient (Wildman–Crippen LogP) is 3.76. The molecule has 1 aromatic carbocycles. The number of benzene rings is 1. The zero-order valence-electron chi connectivity index (χ0n) is 11.6. The van der Waals surface area contributed by atoms with E-state index < -0.39 is 0 Å². The number of aryl methyl sites for hydroxylation is 1. The molecule has 0 bridgehead atoms. The van der Waals surface area contributed by atoms with E-state index in [0.717, 1.165) is 23.6 Å². The second kappa shape index (κ2) is 6.24. The Kier molecular flexibility index (Phi) is 4.65. The Bertz CT molecular complexity index is 383. The van der Waals surface area contributed by atoms with E-state index in [4.69, 9.17) is 0 Å². The van der Waals surface area contributed by atoms with Gasteiger partial charge in [-0.2, -0.15) is 0 Å². The molecule has 0 saturated heterocycles. The van der Waals surface area contributed by atoms with Gasteiger partial charge in [-0.1, -0.05) is 37.5 Å². The van der Waals surface area contributed by atoms with Gasteiger partial charge in [-0.05, 0) is 38.2 Å². The van der Waals surface area contributed by atoms with E-state index in [1.54, 1.807) is 0 Å². The van der Waals surface area contributed by atoms with Gasteiger partial charge in [0.25, 0.3) is 0 Å². The average molecular weight is 247 g/mol. The number of rotatable bonds is 4. The maximum absolute atomic E-state index is 9.98. The summed E-state index contributed by atoms with van der Waals surface area (Å²) in [7, 11) is 0. The van der Waals surface area contributed by atoms with Crippen LogP contribution < -0.4 is 5.32 Å². The van der Waals surface area contributed by atoms with Crippen molar-refractivity contribution in [3.63, 3.8) is 0 Å². The minimum absolute atomic E-state index is 0.445. The van der Waals surface area contributed by atoms with Crippen molar-refractivity contribution in [1.29, 1.82) is 0 Å². The van der Waals surface area contributed by atoms with Crippen molar-refractivity contribution in [3.05, 3.63) is 29.3 Å². The molecule has 1 fully saturated rings. The fourth-order valence-corrected chi connectivity index (χ4v) is 2.93. The van der Waals surface area contributed by atoms with Gasteiger partial charge in [0.1, 0.15) is 5.75 Å². The number of para-hydroxylation sites is 1. The molecule has 0 unspecified atom stereocenters. The lowest BCUT2D eigenvalue weighted by molar-refractivity contribution is 0.280. The van der Waals surface area contributed by atoms with Gasteiger partial charge in [-0.25, -0.2) is 0 Å². The van der Waals surface area contributed by atoms with Gasteiger partial charge in [0.2, 0.25) is 0 Å². The molecule has 1 aromatic rings. The molecule has 1 saturated carbocycles. The molecular formula is C16H25NO. The van der Waals surface area contributed by atoms with Crippen molar-refractivity contribution in [3.8, 4) is 5.75 Å². The van der Waals surface area contributed by atoms with Crippen LogP contribution in [-0.2, 0) is 6.54 Å². The van der Waals surface area contributed by atoms with Crippen molar-refractivity contribution < 1.29 is 5.11 Å². The molecule has 1 atom stereocenters. The molecule has 0 aromatic heterocycles. The van der Waals surface area contributed by atoms with E-state index >= 15 is 0 Å². The number of hydrogen-bond donors (Lipinski definition) is 2. The molecule has 1 aliphatic rings. The molecule has 2 N–H and O–H groups in total. The fraction of sp³-hybridized carbons (Fsp3) is 0.625. The van der Waals surface area contributed by atoms with Gasteiger partial charge in [0, 0.05) is 18.2 Å². The molecule has 0 heterocycles. The van der Waals surface area contributed by atoms with Crippen molar-refractivity contribution in [2.24, 2.45) is 5.92 Å². The molecule has 0 aliphatic heterocycles. The van der Waals surface area contributed by atoms with Crippen LogP contribution in [-0.4, -0.2) is 11.1 Å². The fourth-order valence-electron chi connectivity index (χ4n) is 2.93. The third-order valence-corrected chi connectivity index (χ3v) is 4.29. The van der Waals surface area contributed by atoms with E-state index in [1.807, 2.05) is 25.1 Å². The number of aromatic hydroxyl groups is 1. The maximum atomic E-state index is 9.98. The van der Waals surface area contributed by atoms with Gasteiger partial charge < -0.3 is 10.4 Å². The number of phenols is 1. The SMILES string of the molecule is Cc1cccc(CN[C@H](C)C2CCCCC2)c1O. The van der Waals surface area contributed by atoms with Crippen molar-refractivity contribution in [2.75, 3.05) is 0 Å². The molecule has 100 valence electrons. The highest BCUT2D eigenvalue weighted by Crippen LogP contribution is 2.27. The first kappa shape index (κ1) is 13.4. The monoisotopic (exact) mass is 247 g/mol. The summed E-state index contributed by atoms with van der Waals surface area (Å²) in [6, 6.07) is 6.51. The summed E-state index contributed by atoms with van der Waals surface area (Å²) in [5.41, 5.74) is 1.97. The molecule has 0 spiro atoms. The molecule has 0 radical (unpaired) electrons. The zero-order chi connectivity index (χ0) is 13.0. The summed E-state index contributed by atoms with van der Waals surface area (Å²) in [5.74, 6) is 1.26. The van der Waals surface area contributed by atoms with E-state index in [0.29, 0.717) is 11.8 Å². The van der Waals surface area contributed by atoms with E-state index in [1.165, 1.54) is 32.1 Å². The minimum atomic E-state index is 0.445. The highest BCUT2D eigenvalue weighted by atomic mass is 16.3. The molecule has 18 heavy (non-hydrogen) atoms. The lowest BCUT2D eigenvalue weighted by Gasteiger charge is -2.28. The smallest absolute Gasteiger partial charge is 0.122 e. The quantitative estimate of drug-likeness (QED) is 0.849. The Morgan fingerprint density at radius 1 is 1.28 bits per heavy atom. The van der Waals surface area contributed by atoms with Crippen LogP contribution in [0, 0.1) is 12.8 Å². The maximum Gasteiger partial charge on any atom is 0.122 e. The van der Waals surface area contributed by atoms with Gasteiger partial charge in [0.15, 0.2) is 0 Å². The van der Waals surface area contributed by atoms with Crippen LogP contribution in [0.4, 0.5) is 0 Å². The lowest BCUT2D eigenvalue weighted by Crippen LogP contribution is -2.34. The molecule has 2 nitrogen and oxygen atoms in total. The molecule has 1 aliphatic carbocycles.